The molecule has 138 valence electrons. The Morgan fingerprint density at radius 1 is 0.852 bits per heavy atom. The molecule has 0 aliphatic carbocycles. The van der Waals surface area contributed by atoms with Gasteiger partial charge in [-0.05, 0) is 72.6 Å². The van der Waals surface area contributed by atoms with Gasteiger partial charge in [-0.25, -0.2) is 0 Å². The monoisotopic (exact) mass is 363 g/mol. The maximum atomic E-state index is 9.80. The number of rotatable bonds is 5. The lowest BCUT2D eigenvalue weighted by Gasteiger charge is -2.27. The van der Waals surface area contributed by atoms with E-state index in [4.69, 9.17) is 9.47 Å². The van der Waals surface area contributed by atoms with Gasteiger partial charge in [-0.1, -0.05) is 18.2 Å². The third-order valence-corrected chi connectivity index (χ3v) is 4.62. The predicted molar refractivity (Wildman–Crippen MR) is 103 cm³/mol. The molecule has 1 heterocycles. The van der Waals surface area contributed by atoms with Gasteiger partial charge >= 0.3 is 0 Å². The predicted octanol–water partition coefficient (Wildman–Crippen LogP) is 4.16. The van der Waals surface area contributed by atoms with Crippen LogP contribution >= 0.6 is 0 Å². The Labute approximate surface area is 157 Å². The Hall–Kier alpha value is -3.18. The second kappa shape index (κ2) is 7.60. The van der Waals surface area contributed by atoms with Crippen molar-refractivity contribution in [1.82, 2.24) is 5.32 Å². The molecule has 0 saturated carbocycles. The summed E-state index contributed by atoms with van der Waals surface area (Å²) < 4.78 is 11.7. The van der Waals surface area contributed by atoms with Crippen LogP contribution in [-0.4, -0.2) is 23.4 Å². The topological polar surface area (TPSA) is 71.0 Å². The van der Waals surface area contributed by atoms with E-state index in [0.29, 0.717) is 6.61 Å². The van der Waals surface area contributed by atoms with Crippen LogP contribution < -0.4 is 14.8 Å². The van der Waals surface area contributed by atoms with E-state index in [-0.39, 0.29) is 17.5 Å². The van der Waals surface area contributed by atoms with E-state index in [2.05, 4.69) is 5.32 Å². The van der Waals surface area contributed by atoms with Gasteiger partial charge in [0.05, 0.1) is 6.04 Å². The van der Waals surface area contributed by atoms with Crippen LogP contribution in [0.5, 0.6) is 28.7 Å². The van der Waals surface area contributed by atoms with Gasteiger partial charge < -0.3 is 25.0 Å². The smallest absolute Gasteiger partial charge is 0.157 e. The number of fused-ring (bicyclic) bond motifs is 1. The lowest BCUT2D eigenvalue weighted by Crippen LogP contribution is -2.33. The molecular weight excluding hydrogens is 342 g/mol. The Balaban J connectivity index is 1.40. The van der Waals surface area contributed by atoms with Gasteiger partial charge in [0, 0.05) is 0 Å². The molecule has 1 atom stereocenters. The number of para-hydroxylation sites is 1. The van der Waals surface area contributed by atoms with Gasteiger partial charge in [0.25, 0.3) is 0 Å². The van der Waals surface area contributed by atoms with Crippen molar-refractivity contribution in [3.63, 3.8) is 0 Å². The minimum Gasteiger partial charge on any atom is -0.504 e. The molecule has 0 amide bonds. The van der Waals surface area contributed by atoms with Crippen molar-refractivity contribution in [3.8, 4) is 28.7 Å². The van der Waals surface area contributed by atoms with Gasteiger partial charge in [-0.2, -0.15) is 0 Å². The number of nitrogens with one attached hydrogen (secondary N) is 1. The third kappa shape index (κ3) is 3.99. The van der Waals surface area contributed by atoms with Crippen LogP contribution in [0.3, 0.4) is 0 Å². The van der Waals surface area contributed by atoms with Crippen LogP contribution in [0.15, 0.2) is 66.7 Å². The second-order valence-electron chi connectivity index (χ2n) is 6.49. The normalized spacial score (nSPS) is 15.8. The van der Waals surface area contributed by atoms with Crippen LogP contribution in [0.25, 0.3) is 0 Å². The molecule has 3 aromatic carbocycles. The van der Waals surface area contributed by atoms with Crippen molar-refractivity contribution in [1.29, 1.82) is 0 Å². The number of benzene rings is 3. The first-order valence-electron chi connectivity index (χ1n) is 8.93. The molecule has 1 aliphatic rings. The molecule has 1 aliphatic heterocycles. The zero-order valence-corrected chi connectivity index (χ0v) is 14.8. The molecule has 0 spiro atoms. The van der Waals surface area contributed by atoms with Crippen LogP contribution in [0.1, 0.15) is 17.2 Å². The zero-order valence-electron chi connectivity index (χ0n) is 14.8. The van der Waals surface area contributed by atoms with Gasteiger partial charge in [-0.15, -0.1) is 0 Å². The van der Waals surface area contributed by atoms with Gasteiger partial charge in [0.2, 0.25) is 0 Å². The highest BCUT2D eigenvalue weighted by Crippen LogP contribution is 2.34. The van der Waals surface area contributed by atoms with Gasteiger partial charge in [-0.3, -0.25) is 0 Å². The fourth-order valence-electron chi connectivity index (χ4n) is 3.22. The second-order valence-corrected chi connectivity index (χ2v) is 6.49. The Bertz CT molecular complexity index is 910. The number of hydrogen-bond donors (Lipinski definition) is 3. The summed E-state index contributed by atoms with van der Waals surface area (Å²) in [5, 5.41) is 22.9. The summed E-state index contributed by atoms with van der Waals surface area (Å²) in [4.78, 5) is 0. The van der Waals surface area contributed by atoms with Crippen molar-refractivity contribution in [3.05, 3.63) is 77.9 Å². The van der Waals surface area contributed by atoms with E-state index in [1.807, 2.05) is 54.6 Å². The Morgan fingerprint density at radius 2 is 1.52 bits per heavy atom. The highest BCUT2D eigenvalue weighted by Gasteiger charge is 2.22. The van der Waals surface area contributed by atoms with Crippen LogP contribution in [0.4, 0.5) is 0 Å². The van der Waals surface area contributed by atoms with E-state index in [1.165, 1.54) is 0 Å². The summed E-state index contributed by atoms with van der Waals surface area (Å²) in [6.45, 7) is 1.23. The molecule has 3 N–H and O–H groups in total. The fourth-order valence-corrected chi connectivity index (χ4v) is 3.22. The average molecular weight is 363 g/mol. The van der Waals surface area contributed by atoms with E-state index in [0.717, 1.165) is 41.3 Å². The molecule has 5 heteroatoms. The standard InChI is InChI=1S/C22H21NO4/c24-21-12-15-10-11-23-20(19(15)13-22(21)25)14-26-16-6-8-18(9-7-16)27-17-4-2-1-3-5-17/h1-9,12-13,20,23-25H,10-11,14H2. The summed E-state index contributed by atoms with van der Waals surface area (Å²) in [7, 11) is 0. The molecule has 0 fully saturated rings. The molecule has 3 aromatic rings. The maximum absolute atomic E-state index is 9.80. The highest BCUT2D eigenvalue weighted by atomic mass is 16.5. The molecule has 27 heavy (non-hydrogen) atoms. The number of aromatic hydroxyl groups is 2. The molecule has 1 unspecified atom stereocenters. The summed E-state index contributed by atoms with van der Waals surface area (Å²) in [6, 6.07) is 20.3. The SMILES string of the molecule is Oc1cc2c(cc1O)C(COc1ccc(Oc3ccccc3)cc1)NCC2. The lowest BCUT2D eigenvalue weighted by atomic mass is 9.94. The molecule has 0 aromatic heterocycles. The largest absolute Gasteiger partial charge is 0.504 e. The number of phenolic OH excluding ortho intramolecular Hbond substituents is 2. The maximum Gasteiger partial charge on any atom is 0.157 e. The molecule has 5 nitrogen and oxygen atoms in total. The van der Waals surface area contributed by atoms with Gasteiger partial charge in [0.1, 0.15) is 23.9 Å². The Morgan fingerprint density at radius 3 is 2.30 bits per heavy atom. The third-order valence-electron chi connectivity index (χ3n) is 4.62. The van der Waals surface area contributed by atoms with Crippen molar-refractivity contribution >= 4 is 0 Å². The van der Waals surface area contributed by atoms with Gasteiger partial charge in [0.15, 0.2) is 11.5 Å². The number of phenols is 2. The van der Waals surface area contributed by atoms with E-state index >= 15 is 0 Å². The summed E-state index contributed by atoms with van der Waals surface area (Å²) in [6.07, 6.45) is 0.811. The summed E-state index contributed by atoms with van der Waals surface area (Å²) in [5.74, 6) is 2.09. The number of hydrogen-bond acceptors (Lipinski definition) is 5. The molecule has 4 rings (SSSR count). The lowest BCUT2D eigenvalue weighted by molar-refractivity contribution is 0.260. The summed E-state index contributed by atoms with van der Waals surface area (Å²) >= 11 is 0. The minimum atomic E-state index is -0.107. The first-order valence-corrected chi connectivity index (χ1v) is 8.93. The van der Waals surface area contributed by atoms with Crippen LogP contribution in [0, 0.1) is 0 Å². The highest BCUT2D eigenvalue weighted by molar-refractivity contribution is 5.48. The first kappa shape index (κ1) is 17.2. The van der Waals surface area contributed by atoms with Crippen LogP contribution in [0.2, 0.25) is 0 Å². The average Bonchev–Trinajstić information content (AvgIpc) is 2.69. The number of ether oxygens (including phenoxy) is 2. The quantitative estimate of drug-likeness (QED) is 0.594. The van der Waals surface area contributed by atoms with Crippen LogP contribution in [-0.2, 0) is 6.42 Å². The molecule has 0 radical (unpaired) electrons. The minimum absolute atomic E-state index is 0.0412. The Kier molecular flexibility index (Phi) is 4.85. The van der Waals surface area contributed by atoms with E-state index in [9.17, 15) is 10.2 Å². The van der Waals surface area contributed by atoms with Crippen molar-refractivity contribution in [2.75, 3.05) is 13.2 Å². The van der Waals surface area contributed by atoms with E-state index < -0.39 is 0 Å². The van der Waals surface area contributed by atoms with Crippen molar-refractivity contribution in [2.45, 2.75) is 12.5 Å². The fraction of sp³-hybridized carbons (Fsp3) is 0.182. The molecular formula is C22H21NO4. The van der Waals surface area contributed by atoms with E-state index in [1.54, 1.807) is 12.1 Å². The molecule has 0 bridgehead atoms. The van der Waals surface area contributed by atoms with Crippen molar-refractivity contribution in [2.24, 2.45) is 0 Å². The summed E-state index contributed by atoms with van der Waals surface area (Å²) in [5.41, 5.74) is 1.99. The first-order chi connectivity index (χ1) is 13.2. The zero-order chi connectivity index (χ0) is 18.6. The molecule has 0 saturated heterocycles. The van der Waals surface area contributed by atoms with Crippen molar-refractivity contribution < 1.29 is 19.7 Å².